The standard InChI is InChI=1S/C7H9N3O/c1-2-4-10-5-3-7(9-10)8-6-11/h3,5H,2,4H2,1H3. The normalized spacial score (nSPS) is 9.18. The summed E-state index contributed by atoms with van der Waals surface area (Å²) in [6, 6.07) is 1.68. The Labute approximate surface area is 64.6 Å². The van der Waals surface area contributed by atoms with Crippen LogP contribution in [-0.2, 0) is 11.3 Å². The average Bonchev–Trinajstić information content (AvgIpc) is 2.38. The second-order valence-corrected chi connectivity index (χ2v) is 2.14. The third-order valence-electron chi connectivity index (χ3n) is 1.24. The monoisotopic (exact) mass is 151 g/mol. The van der Waals surface area contributed by atoms with Crippen molar-refractivity contribution in [2.75, 3.05) is 0 Å². The van der Waals surface area contributed by atoms with Crippen molar-refractivity contribution >= 4 is 11.9 Å². The van der Waals surface area contributed by atoms with Gasteiger partial charge in [-0.05, 0) is 6.42 Å². The smallest absolute Gasteiger partial charge is 0.242 e. The molecule has 0 atom stereocenters. The van der Waals surface area contributed by atoms with Crippen molar-refractivity contribution in [2.45, 2.75) is 19.9 Å². The van der Waals surface area contributed by atoms with Crippen molar-refractivity contribution < 1.29 is 4.79 Å². The molecular formula is C7H9N3O. The van der Waals surface area contributed by atoms with Gasteiger partial charge in [-0.3, -0.25) is 4.68 Å². The fraction of sp³-hybridized carbons (Fsp3) is 0.429. The van der Waals surface area contributed by atoms with Crippen molar-refractivity contribution in [1.29, 1.82) is 0 Å². The number of isocyanates is 1. The number of carbonyl (C=O) groups excluding carboxylic acids is 1. The van der Waals surface area contributed by atoms with Crippen LogP contribution >= 0.6 is 0 Å². The van der Waals surface area contributed by atoms with Crippen LogP contribution in [0.15, 0.2) is 17.3 Å². The number of aliphatic imine (C=N–C) groups is 1. The summed E-state index contributed by atoms with van der Waals surface area (Å²) in [6.07, 6.45) is 4.25. The Balaban J connectivity index is 2.73. The fourth-order valence-electron chi connectivity index (χ4n) is 0.811. The molecule has 11 heavy (non-hydrogen) atoms. The summed E-state index contributed by atoms with van der Waals surface area (Å²) in [4.78, 5) is 13.2. The van der Waals surface area contributed by atoms with Gasteiger partial charge in [-0.1, -0.05) is 6.92 Å². The van der Waals surface area contributed by atoms with Crippen LogP contribution in [0.3, 0.4) is 0 Å². The first-order valence-electron chi connectivity index (χ1n) is 3.48. The van der Waals surface area contributed by atoms with E-state index in [1.165, 1.54) is 6.08 Å². The molecule has 0 saturated heterocycles. The maximum Gasteiger partial charge on any atom is 0.242 e. The number of nitrogens with zero attached hydrogens (tertiary/aromatic N) is 3. The first-order chi connectivity index (χ1) is 5.36. The first kappa shape index (κ1) is 7.69. The molecule has 0 N–H and O–H groups in total. The van der Waals surface area contributed by atoms with Gasteiger partial charge in [0.1, 0.15) is 0 Å². The number of aryl methyl sites for hydroxylation is 1. The van der Waals surface area contributed by atoms with E-state index in [1.807, 2.05) is 0 Å². The van der Waals surface area contributed by atoms with Crippen LogP contribution in [0.2, 0.25) is 0 Å². The van der Waals surface area contributed by atoms with E-state index in [4.69, 9.17) is 0 Å². The largest absolute Gasteiger partial charge is 0.271 e. The molecule has 58 valence electrons. The van der Waals surface area contributed by atoms with Gasteiger partial charge in [-0.15, -0.1) is 4.99 Å². The molecule has 0 spiro atoms. The third kappa shape index (κ3) is 2.02. The highest BCUT2D eigenvalue weighted by molar-refractivity contribution is 5.43. The summed E-state index contributed by atoms with van der Waals surface area (Å²) in [7, 11) is 0. The third-order valence-corrected chi connectivity index (χ3v) is 1.24. The summed E-state index contributed by atoms with van der Waals surface area (Å²) >= 11 is 0. The molecule has 0 fully saturated rings. The quantitative estimate of drug-likeness (QED) is 0.482. The van der Waals surface area contributed by atoms with E-state index in [0.717, 1.165) is 13.0 Å². The average molecular weight is 151 g/mol. The SMILES string of the molecule is CCCn1ccc(N=C=O)n1. The number of hydrogen-bond acceptors (Lipinski definition) is 3. The maximum atomic E-state index is 9.80. The van der Waals surface area contributed by atoms with Crippen LogP contribution in [-0.4, -0.2) is 15.9 Å². The predicted octanol–water partition coefficient (Wildman–Crippen LogP) is 1.26. The Hall–Kier alpha value is -1.41. The van der Waals surface area contributed by atoms with Gasteiger partial charge >= 0.3 is 0 Å². The molecule has 1 aromatic rings. The molecule has 1 aromatic heterocycles. The Morgan fingerprint density at radius 2 is 2.64 bits per heavy atom. The zero-order valence-corrected chi connectivity index (χ0v) is 6.32. The second-order valence-electron chi connectivity index (χ2n) is 2.14. The Kier molecular flexibility index (Phi) is 2.58. The Morgan fingerprint density at radius 1 is 1.82 bits per heavy atom. The Bertz CT molecular complexity index is 273. The van der Waals surface area contributed by atoms with E-state index in [9.17, 15) is 4.79 Å². The van der Waals surface area contributed by atoms with Crippen LogP contribution in [0.25, 0.3) is 0 Å². The van der Waals surface area contributed by atoms with Gasteiger partial charge in [0.25, 0.3) is 0 Å². The molecule has 0 aliphatic carbocycles. The van der Waals surface area contributed by atoms with Crippen LogP contribution in [0.5, 0.6) is 0 Å². The highest BCUT2D eigenvalue weighted by Gasteiger charge is 1.93. The molecule has 0 aliphatic heterocycles. The molecule has 1 rings (SSSR count). The highest BCUT2D eigenvalue weighted by Crippen LogP contribution is 2.05. The van der Waals surface area contributed by atoms with E-state index in [0.29, 0.717) is 5.82 Å². The molecule has 0 aromatic carbocycles. The van der Waals surface area contributed by atoms with Gasteiger partial charge in [-0.25, -0.2) is 4.79 Å². The zero-order chi connectivity index (χ0) is 8.10. The van der Waals surface area contributed by atoms with E-state index in [2.05, 4.69) is 17.0 Å². The van der Waals surface area contributed by atoms with E-state index in [-0.39, 0.29) is 0 Å². The summed E-state index contributed by atoms with van der Waals surface area (Å²) in [5.41, 5.74) is 0. The van der Waals surface area contributed by atoms with E-state index < -0.39 is 0 Å². The summed E-state index contributed by atoms with van der Waals surface area (Å²) in [5.74, 6) is 0.424. The topological polar surface area (TPSA) is 47.2 Å². The molecule has 0 radical (unpaired) electrons. The molecule has 0 aliphatic rings. The van der Waals surface area contributed by atoms with Crippen LogP contribution in [0.1, 0.15) is 13.3 Å². The lowest BCUT2D eigenvalue weighted by Crippen LogP contribution is -1.95. The molecule has 0 amide bonds. The summed E-state index contributed by atoms with van der Waals surface area (Å²) in [6.45, 7) is 2.92. The molecule has 1 heterocycles. The van der Waals surface area contributed by atoms with Gasteiger partial charge in [-0.2, -0.15) is 5.10 Å². The minimum Gasteiger partial charge on any atom is -0.271 e. The van der Waals surface area contributed by atoms with Gasteiger partial charge < -0.3 is 0 Å². The van der Waals surface area contributed by atoms with Crippen LogP contribution in [0, 0.1) is 0 Å². The summed E-state index contributed by atoms with van der Waals surface area (Å²) in [5, 5.41) is 3.98. The van der Waals surface area contributed by atoms with E-state index in [1.54, 1.807) is 16.9 Å². The van der Waals surface area contributed by atoms with E-state index >= 15 is 0 Å². The number of hydrogen-bond donors (Lipinski definition) is 0. The minimum absolute atomic E-state index is 0.424. The van der Waals surface area contributed by atoms with Crippen molar-refractivity contribution in [3.8, 4) is 0 Å². The Morgan fingerprint density at radius 3 is 3.27 bits per heavy atom. The minimum atomic E-state index is 0.424. The first-order valence-corrected chi connectivity index (χ1v) is 3.48. The van der Waals surface area contributed by atoms with Crippen molar-refractivity contribution in [1.82, 2.24) is 9.78 Å². The highest BCUT2D eigenvalue weighted by atomic mass is 16.1. The van der Waals surface area contributed by atoms with Gasteiger partial charge in [0.2, 0.25) is 6.08 Å². The lowest BCUT2D eigenvalue weighted by atomic mass is 10.5. The molecule has 0 unspecified atom stereocenters. The fourth-order valence-corrected chi connectivity index (χ4v) is 0.811. The van der Waals surface area contributed by atoms with Gasteiger partial charge in [0, 0.05) is 18.8 Å². The van der Waals surface area contributed by atoms with Crippen molar-refractivity contribution in [2.24, 2.45) is 4.99 Å². The van der Waals surface area contributed by atoms with Crippen molar-refractivity contribution in [3.05, 3.63) is 12.3 Å². The van der Waals surface area contributed by atoms with Gasteiger partial charge in [0.05, 0.1) is 0 Å². The lowest BCUT2D eigenvalue weighted by Gasteiger charge is -1.93. The number of aromatic nitrogens is 2. The molecule has 4 heteroatoms. The molecule has 0 saturated carbocycles. The second kappa shape index (κ2) is 3.68. The summed E-state index contributed by atoms with van der Waals surface area (Å²) < 4.78 is 1.75. The zero-order valence-electron chi connectivity index (χ0n) is 6.32. The predicted molar refractivity (Wildman–Crippen MR) is 40.3 cm³/mol. The number of rotatable bonds is 3. The van der Waals surface area contributed by atoms with Crippen LogP contribution in [0.4, 0.5) is 5.82 Å². The molecular weight excluding hydrogens is 142 g/mol. The van der Waals surface area contributed by atoms with Crippen LogP contribution < -0.4 is 0 Å². The maximum absolute atomic E-state index is 9.80. The molecule has 0 bridgehead atoms. The lowest BCUT2D eigenvalue weighted by molar-refractivity contribution is 0.564. The molecule has 4 nitrogen and oxygen atoms in total. The van der Waals surface area contributed by atoms with Crippen molar-refractivity contribution in [3.63, 3.8) is 0 Å². The van der Waals surface area contributed by atoms with Gasteiger partial charge in [0.15, 0.2) is 5.82 Å².